The molecule has 0 heterocycles. The third kappa shape index (κ3) is 2.13. The molecule has 1 N–H and O–H groups in total. The zero-order chi connectivity index (χ0) is 24.3. The predicted molar refractivity (Wildman–Crippen MR) is 92.3 cm³/mol. The van der Waals surface area contributed by atoms with Gasteiger partial charge in [-0.05, 0) is 79.5 Å². The van der Waals surface area contributed by atoms with Crippen LogP contribution in [0.1, 0.15) is 76.1 Å². The average Bonchev–Trinajstić information content (AvgIpc) is 2.89. The van der Waals surface area contributed by atoms with Crippen LogP contribution in [0.4, 0.5) is 0 Å². The second kappa shape index (κ2) is 5.52. The molecule has 6 atom stereocenters. The molecule has 3 saturated carbocycles. The lowest BCUT2D eigenvalue weighted by atomic mass is 9.46. The highest BCUT2D eigenvalue weighted by atomic mass is 16.3. The van der Waals surface area contributed by atoms with Crippen LogP contribution in [-0.2, 0) is 9.59 Å². The predicted octanol–water partition coefficient (Wildman–Crippen LogP) is 3.70. The largest absolute Gasteiger partial charge is 0.389 e. The summed E-state index contributed by atoms with van der Waals surface area (Å²) in [5, 5.41) is 9.74. The van der Waals surface area contributed by atoms with Gasteiger partial charge >= 0.3 is 0 Å². The van der Waals surface area contributed by atoms with Crippen molar-refractivity contribution in [3.05, 3.63) is 11.6 Å². The van der Waals surface area contributed by atoms with Gasteiger partial charge in [-0.1, -0.05) is 19.4 Å². The van der Waals surface area contributed by atoms with E-state index in [0.29, 0.717) is 19.3 Å². The lowest BCUT2D eigenvalue weighted by molar-refractivity contribution is -0.133. The molecule has 4 aliphatic carbocycles. The number of hydrogen-bond donors (Lipinski definition) is 1. The Balaban J connectivity index is 1.81. The summed E-state index contributed by atoms with van der Waals surface area (Å²) in [4.78, 5) is 25.3. The third-order valence-electron chi connectivity index (χ3n) is 7.36. The third-order valence-corrected chi connectivity index (χ3v) is 7.36. The van der Waals surface area contributed by atoms with Gasteiger partial charge in [0.15, 0.2) is 11.6 Å². The summed E-state index contributed by atoms with van der Waals surface area (Å²) >= 11 is 0. The molecule has 0 amide bonds. The highest BCUT2D eigenvalue weighted by Crippen LogP contribution is 2.66. The minimum absolute atomic E-state index is 0.0117. The fourth-order valence-corrected chi connectivity index (χ4v) is 6.05. The van der Waals surface area contributed by atoms with Crippen molar-refractivity contribution in [3.63, 3.8) is 0 Å². The fourth-order valence-electron chi connectivity index (χ4n) is 6.05. The number of Topliss-reactive ketones (excluding diaryl/α,β-unsaturated/α-hetero) is 1. The van der Waals surface area contributed by atoms with Gasteiger partial charge in [-0.15, -0.1) is 0 Å². The summed E-state index contributed by atoms with van der Waals surface area (Å²) < 4.78 is 66.2. The number of ketones is 2. The zero-order valence-corrected chi connectivity index (χ0v) is 14.2. The molecule has 0 aromatic carbocycles. The molecule has 0 aromatic heterocycles. The zero-order valence-electron chi connectivity index (χ0n) is 22.2. The van der Waals surface area contributed by atoms with E-state index >= 15 is 0 Å². The van der Waals surface area contributed by atoms with Gasteiger partial charge in [0.1, 0.15) is 6.56 Å². The molecule has 0 radical (unpaired) electrons. The minimum Gasteiger partial charge on any atom is -0.389 e. The number of fused-ring (bicyclic) bond motifs is 5. The molecule has 3 nitrogen and oxygen atoms in total. The van der Waals surface area contributed by atoms with Crippen LogP contribution in [0.2, 0.25) is 0 Å². The van der Waals surface area contributed by atoms with Gasteiger partial charge in [0, 0.05) is 19.1 Å². The van der Waals surface area contributed by atoms with Gasteiger partial charge in [0.05, 0.1) is 4.11 Å². The first-order chi connectivity index (χ1) is 14.3. The van der Waals surface area contributed by atoms with Gasteiger partial charge in [0.2, 0.25) is 0 Å². The van der Waals surface area contributed by atoms with E-state index in [4.69, 9.17) is 11.0 Å². The van der Waals surface area contributed by atoms with Crippen molar-refractivity contribution in [1.82, 2.24) is 0 Å². The van der Waals surface area contributed by atoms with Crippen LogP contribution >= 0.6 is 0 Å². The van der Waals surface area contributed by atoms with Crippen LogP contribution in [0.3, 0.4) is 0 Å². The first kappa shape index (κ1) is 9.66. The van der Waals surface area contributed by atoms with E-state index in [1.165, 1.54) is 0 Å². The van der Waals surface area contributed by atoms with Gasteiger partial charge in [0.25, 0.3) is 0 Å². The van der Waals surface area contributed by atoms with E-state index in [0.717, 1.165) is 0 Å². The topological polar surface area (TPSA) is 54.4 Å². The summed E-state index contributed by atoms with van der Waals surface area (Å²) in [6.07, 6.45) is -3.14. The molecule has 4 rings (SSSR count). The molecule has 0 aromatic rings. The van der Waals surface area contributed by atoms with Crippen LogP contribution in [-0.4, -0.2) is 23.2 Å². The van der Waals surface area contributed by atoms with Crippen LogP contribution < -0.4 is 0 Å². The molecular formula is C21H30O3. The number of carbonyl (C=O) groups is 2. The van der Waals surface area contributed by atoms with Crippen LogP contribution in [0.15, 0.2) is 11.6 Å². The number of carbonyl (C=O) groups excluding carboxylic acids is 2. The quantitative estimate of drug-likeness (QED) is 0.835. The van der Waals surface area contributed by atoms with E-state index in [9.17, 15) is 14.7 Å². The Kier molecular flexibility index (Phi) is 2.22. The van der Waals surface area contributed by atoms with Crippen molar-refractivity contribution in [2.75, 3.05) is 6.56 Å². The van der Waals surface area contributed by atoms with Crippen LogP contribution in [0, 0.1) is 34.5 Å². The number of allylic oxidation sites excluding steroid dienone is 1. The molecule has 3 heteroatoms. The first-order valence-corrected chi connectivity index (χ1v) is 8.87. The maximum Gasteiger partial charge on any atom is 0.161 e. The number of hydrogen-bond acceptors (Lipinski definition) is 3. The normalized spacial score (nSPS) is 60.6. The molecule has 0 spiro atoms. The van der Waals surface area contributed by atoms with Gasteiger partial charge in [-0.25, -0.2) is 0 Å². The summed E-state index contributed by atoms with van der Waals surface area (Å²) in [6, 6.07) is -0.564. The lowest BCUT2D eigenvalue weighted by Gasteiger charge is -2.58. The van der Waals surface area contributed by atoms with E-state index in [1.807, 2.05) is 0 Å². The van der Waals surface area contributed by atoms with Crippen molar-refractivity contribution in [3.8, 4) is 0 Å². The fraction of sp³-hybridized carbons (Fsp3) is 0.810. The Morgan fingerprint density at radius 2 is 2.12 bits per heavy atom. The lowest BCUT2D eigenvalue weighted by Crippen LogP contribution is -2.51. The minimum atomic E-state index is -3.13. The summed E-state index contributed by atoms with van der Waals surface area (Å²) in [5.41, 5.74) is -1.92. The van der Waals surface area contributed by atoms with Crippen LogP contribution in [0.5, 0.6) is 0 Å². The monoisotopic (exact) mass is 338 g/mol. The van der Waals surface area contributed by atoms with Crippen molar-refractivity contribution in [1.29, 1.82) is 0 Å². The Hall–Kier alpha value is -0.960. The second-order valence-corrected chi connectivity index (χ2v) is 8.27. The van der Waals surface area contributed by atoms with Crippen molar-refractivity contribution in [2.45, 2.75) is 65.1 Å². The van der Waals surface area contributed by atoms with Crippen LogP contribution in [0.25, 0.3) is 0 Å². The Morgan fingerprint density at radius 1 is 1.33 bits per heavy atom. The van der Waals surface area contributed by atoms with E-state index in [1.54, 1.807) is 13.8 Å². The van der Waals surface area contributed by atoms with Gasteiger partial charge in [-0.2, -0.15) is 0 Å². The Bertz CT molecular complexity index is 924. The molecule has 0 saturated heterocycles. The molecule has 132 valence electrons. The van der Waals surface area contributed by atoms with Gasteiger partial charge in [-0.3, -0.25) is 9.59 Å². The molecule has 0 unspecified atom stereocenters. The first-order valence-electron chi connectivity index (χ1n) is 12.9. The molecule has 3 fully saturated rings. The standard InChI is InChI=1S/C21H30O3/c1-20-9-7-14(23)11-13(20)3-4-15-16-5-6-18(19(24)12-22)21(16,2)10-8-17(15)20/h11,15-18,22H,3-10,12H2,1-2H3/t15-,16-,17-,18+,20-,21-/m0/s1/i3D2,7D2,11D,12D2,18D. The molecule has 0 bridgehead atoms. The second-order valence-electron chi connectivity index (χ2n) is 8.27. The summed E-state index contributed by atoms with van der Waals surface area (Å²) in [6.45, 7) is 0.388. The van der Waals surface area contributed by atoms with Crippen molar-refractivity contribution < 1.29 is 25.7 Å². The molecule has 0 aliphatic heterocycles. The van der Waals surface area contributed by atoms with Gasteiger partial charge < -0.3 is 5.11 Å². The maximum atomic E-state index is 12.8. The number of aliphatic hydroxyl groups is 1. The highest BCUT2D eigenvalue weighted by molar-refractivity contribution is 5.91. The maximum absolute atomic E-state index is 12.8. The van der Waals surface area contributed by atoms with E-state index < -0.39 is 53.6 Å². The Labute approximate surface area is 156 Å². The summed E-state index contributed by atoms with van der Waals surface area (Å²) in [5.74, 6) is -4.77. The van der Waals surface area contributed by atoms with E-state index in [-0.39, 0.29) is 42.6 Å². The summed E-state index contributed by atoms with van der Waals surface area (Å²) in [7, 11) is 0. The SMILES string of the molecule is [2H]C1=C2C([2H])([2H])C[C@@H]3[C@H](CC[C@@]4(C)[C@H]3CC[C@]4([2H])C(=O)C([2H])([2H])O)[C@@]2(C)CC([2H])([2H])C1=O. The smallest absolute Gasteiger partial charge is 0.161 e. The number of rotatable bonds is 2. The molecule has 24 heavy (non-hydrogen) atoms. The molecular weight excluding hydrogens is 300 g/mol. The van der Waals surface area contributed by atoms with E-state index in [2.05, 4.69) is 0 Å². The molecule has 4 aliphatic rings. The van der Waals surface area contributed by atoms with Crippen molar-refractivity contribution >= 4 is 11.6 Å². The highest BCUT2D eigenvalue weighted by Gasteiger charge is 2.59. The average molecular weight is 339 g/mol. The Morgan fingerprint density at radius 3 is 2.88 bits per heavy atom. The van der Waals surface area contributed by atoms with Crippen molar-refractivity contribution in [2.24, 2.45) is 34.5 Å².